The lowest BCUT2D eigenvalue weighted by atomic mass is 10.0. The van der Waals surface area contributed by atoms with Crippen LogP contribution in [0.2, 0.25) is 0 Å². The molecule has 1 amide bonds. The van der Waals surface area contributed by atoms with Gasteiger partial charge in [-0.25, -0.2) is 0 Å². The Morgan fingerprint density at radius 3 is 2.68 bits per heavy atom. The summed E-state index contributed by atoms with van der Waals surface area (Å²) < 4.78 is 39.9. The zero-order valence-corrected chi connectivity index (χ0v) is 15.1. The highest BCUT2D eigenvalue weighted by Gasteiger charge is 2.52. The molecular formula is C19H14F3N3O2S. The molecule has 2 atom stereocenters. The van der Waals surface area contributed by atoms with Crippen LogP contribution in [0.4, 0.5) is 13.2 Å². The lowest BCUT2D eigenvalue weighted by molar-refractivity contribution is -0.187. The fraction of sp³-hybridized carbons (Fsp3) is 0.211. The number of halogens is 3. The Bertz CT molecular complexity index is 1040. The van der Waals surface area contributed by atoms with Crippen LogP contribution in [-0.4, -0.2) is 44.5 Å². The van der Waals surface area contributed by atoms with Gasteiger partial charge < -0.3 is 9.88 Å². The number of nitrogens with zero attached hydrogens (tertiary/aromatic N) is 2. The molecule has 4 rings (SSSR count). The largest absolute Gasteiger partial charge is 0.471 e. The summed E-state index contributed by atoms with van der Waals surface area (Å²) in [5, 5.41) is -0.316. The summed E-state index contributed by atoms with van der Waals surface area (Å²) in [5.74, 6) is -2.47. The number of H-pyrrole nitrogens is 1. The molecular weight excluding hydrogens is 391 g/mol. The number of aromatic amines is 1. The highest BCUT2D eigenvalue weighted by molar-refractivity contribution is 7.99. The molecule has 1 aliphatic heterocycles. The number of carbonyl (C=O) groups excluding carboxylic acids is 2. The van der Waals surface area contributed by atoms with E-state index >= 15 is 0 Å². The number of carbonyl (C=O) groups is 2. The van der Waals surface area contributed by atoms with Crippen LogP contribution in [-0.2, 0) is 4.79 Å². The first-order valence-electron chi connectivity index (χ1n) is 8.39. The SMILES string of the molecule is O=C(c1c[nH]c2ccccc12)C1CSC(c2cccnc2)N1C(=O)C(F)(F)F. The molecule has 0 aliphatic carbocycles. The Morgan fingerprint density at radius 2 is 1.96 bits per heavy atom. The first kappa shape index (κ1) is 18.5. The second-order valence-corrected chi connectivity index (χ2v) is 7.42. The van der Waals surface area contributed by atoms with E-state index in [1.807, 2.05) is 0 Å². The fourth-order valence-corrected chi connectivity index (χ4v) is 4.75. The minimum Gasteiger partial charge on any atom is -0.360 e. The van der Waals surface area contributed by atoms with Crippen molar-refractivity contribution >= 4 is 34.4 Å². The van der Waals surface area contributed by atoms with E-state index in [0.29, 0.717) is 21.4 Å². The summed E-state index contributed by atoms with van der Waals surface area (Å²) >= 11 is 1.12. The summed E-state index contributed by atoms with van der Waals surface area (Å²) in [7, 11) is 0. The normalized spacial score (nSPS) is 19.9. The molecule has 2 aromatic heterocycles. The number of para-hydroxylation sites is 1. The average Bonchev–Trinajstić information content (AvgIpc) is 3.31. The number of Topliss-reactive ketones (excluding diaryl/α,β-unsaturated/α-hetero) is 1. The van der Waals surface area contributed by atoms with E-state index in [0.717, 1.165) is 11.8 Å². The van der Waals surface area contributed by atoms with Crippen LogP contribution >= 0.6 is 11.8 Å². The van der Waals surface area contributed by atoms with Gasteiger partial charge in [0.15, 0.2) is 5.78 Å². The number of pyridine rings is 1. The van der Waals surface area contributed by atoms with Crippen molar-refractivity contribution in [2.24, 2.45) is 0 Å². The monoisotopic (exact) mass is 405 g/mol. The molecule has 9 heteroatoms. The third kappa shape index (κ3) is 3.15. The molecule has 1 aliphatic rings. The smallest absolute Gasteiger partial charge is 0.360 e. The molecule has 0 spiro atoms. The highest BCUT2D eigenvalue weighted by atomic mass is 32.2. The number of amides is 1. The van der Waals surface area contributed by atoms with Gasteiger partial charge in [-0.15, -0.1) is 11.8 Å². The van der Waals surface area contributed by atoms with Crippen molar-refractivity contribution in [3.63, 3.8) is 0 Å². The Hall–Kier alpha value is -2.81. The molecule has 0 radical (unpaired) electrons. The van der Waals surface area contributed by atoms with Crippen molar-refractivity contribution in [1.82, 2.24) is 14.9 Å². The first-order chi connectivity index (χ1) is 13.4. The second kappa shape index (κ2) is 6.97. The molecule has 1 N–H and O–H groups in total. The number of ketones is 1. The summed E-state index contributed by atoms with van der Waals surface area (Å²) in [6, 6.07) is 8.98. The Balaban J connectivity index is 1.74. The maximum Gasteiger partial charge on any atom is 0.471 e. The number of alkyl halides is 3. The van der Waals surface area contributed by atoms with Crippen LogP contribution in [0.1, 0.15) is 21.3 Å². The molecule has 2 unspecified atom stereocenters. The van der Waals surface area contributed by atoms with Crippen molar-refractivity contribution in [1.29, 1.82) is 0 Å². The number of benzene rings is 1. The topological polar surface area (TPSA) is 66.1 Å². The first-order valence-corrected chi connectivity index (χ1v) is 9.44. The van der Waals surface area contributed by atoms with Gasteiger partial charge in [0.2, 0.25) is 0 Å². The van der Waals surface area contributed by atoms with Crippen molar-refractivity contribution < 1.29 is 22.8 Å². The molecule has 3 heterocycles. The van der Waals surface area contributed by atoms with Crippen LogP contribution in [0, 0.1) is 0 Å². The minimum absolute atomic E-state index is 0.0692. The lowest BCUT2D eigenvalue weighted by Crippen LogP contribution is -2.48. The zero-order valence-electron chi connectivity index (χ0n) is 14.3. The van der Waals surface area contributed by atoms with Crippen molar-refractivity contribution in [3.05, 3.63) is 66.1 Å². The van der Waals surface area contributed by atoms with Gasteiger partial charge in [0.25, 0.3) is 0 Å². The molecule has 144 valence electrons. The molecule has 0 bridgehead atoms. The molecule has 1 aromatic carbocycles. The molecule has 3 aromatic rings. The molecule has 0 saturated carbocycles. The molecule has 1 fully saturated rings. The van der Waals surface area contributed by atoms with Gasteiger partial charge in [0.05, 0.1) is 0 Å². The number of fused-ring (bicyclic) bond motifs is 1. The number of nitrogens with one attached hydrogen (secondary N) is 1. The van der Waals surface area contributed by atoms with Gasteiger partial charge in [0.1, 0.15) is 11.4 Å². The minimum atomic E-state index is -5.08. The third-order valence-electron chi connectivity index (χ3n) is 4.60. The number of thioether (sulfide) groups is 1. The van der Waals surface area contributed by atoms with E-state index in [4.69, 9.17) is 0 Å². The predicted octanol–water partition coefficient (Wildman–Crippen LogP) is 3.95. The number of aromatic nitrogens is 2. The average molecular weight is 405 g/mol. The Morgan fingerprint density at radius 1 is 1.18 bits per heavy atom. The van der Waals surface area contributed by atoms with E-state index in [1.54, 1.807) is 36.4 Å². The van der Waals surface area contributed by atoms with Gasteiger partial charge in [-0.1, -0.05) is 24.3 Å². The van der Waals surface area contributed by atoms with E-state index in [1.165, 1.54) is 18.6 Å². The Kier molecular flexibility index (Phi) is 4.62. The van der Waals surface area contributed by atoms with E-state index in [9.17, 15) is 22.8 Å². The van der Waals surface area contributed by atoms with Crippen LogP contribution in [0.5, 0.6) is 0 Å². The standard InChI is InChI=1S/C19H14F3N3O2S/c20-19(21,22)18(27)25-15(10-28-17(25)11-4-3-7-23-8-11)16(26)13-9-24-14-6-2-1-5-12(13)14/h1-9,15,17,24H,10H2. The summed E-state index contributed by atoms with van der Waals surface area (Å²) in [4.78, 5) is 32.9. The van der Waals surface area contributed by atoms with Crippen LogP contribution in [0.25, 0.3) is 10.9 Å². The zero-order chi connectivity index (χ0) is 19.9. The molecule has 1 saturated heterocycles. The van der Waals surface area contributed by atoms with Crippen LogP contribution in [0.3, 0.4) is 0 Å². The quantitative estimate of drug-likeness (QED) is 0.670. The number of rotatable bonds is 3. The second-order valence-electron chi connectivity index (χ2n) is 6.31. The van der Waals surface area contributed by atoms with Gasteiger partial charge >= 0.3 is 12.1 Å². The maximum absolute atomic E-state index is 13.3. The van der Waals surface area contributed by atoms with Gasteiger partial charge in [-0.3, -0.25) is 14.6 Å². The van der Waals surface area contributed by atoms with E-state index in [-0.39, 0.29) is 11.3 Å². The van der Waals surface area contributed by atoms with E-state index < -0.39 is 29.3 Å². The number of hydrogen-bond donors (Lipinski definition) is 1. The van der Waals surface area contributed by atoms with Crippen molar-refractivity contribution in [2.45, 2.75) is 17.6 Å². The van der Waals surface area contributed by atoms with Gasteiger partial charge in [-0.2, -0.15) is 13.2 Å². The summed E-state index contributed by atoms with van der Waals surface area (Å²) in [6.45, 7) is 0. The number of hydrogen-bond acceptors (Lipinski definition) is 4. The van der Waals surface area contributed by atoms with Crippen LogP contribution < -0.4 is 0 Å². The molecule has 5 nitrogen and oxygen atoms in total. The fourth-order valence-electron chi connectivity index (χ4n) is 3.34. The molecule has 28 heavy (non-hydrogen) atoms. The van der Waals surface area contributed by atoms with Crippen molar-refractivity contribution in [3.8, 4) is 0 Å². The maximum atomic E-state index is 13.3. The summed E-state index contributed by atoms with van der Waals surface area (Å²) in [5.41, 5.74) is 1.42. The van der Waals surface area contributed by atoms with Crippen molar-refractivity contribution in [2.75, 3.05) is 5.75 Å². The highest BCUT2D eigenvalue weighted by Crippen LogP contribution is 2.44. The van der Waals surface area contributed by atoms with Gasteiger partial charge in [0, 0.05) is 46.4 Å². The summed E-state index contributed by atoms with van der Waals surface area (Å²) in [6.07, 6.45) is -0.699. The lowest BCUT2D eigenvalue weighted by Gasteiger charge is -2.29. The van der Waals surface area contributed by atoms with Crippen LogP contribution in [0.15, 0.2) is 55.0 Å². The predicted molar refractivity (Wildman–Crippen MR) is 98.8 cm³/mol. The van der Waals surface area contributed by atoms with Gasteiger partial charge in [-0.05, 0) is 12.1 Å². The van der Waals surface area contributed by atoms with E-state index in [2.05, 4.69) is 9.97 Å². The third-order valence-corrected chi connectivity index (χ3v) is 5.93. The Labute approximate surface area is 161 Å².